The van der Waals surface area contributed by atoms with Crippen molar-refractivity contribution in [2.45, 2.75) is 84.1 Å². The maximum absolute atomic E-state index is 12.4. The molecule has 3 heterocycles. The molecule has 1 saturated heterocycles. The second-order valence-corrected chi connectivity index (χ2v) is 8.94. The number of hydrogen-bond acceptors (Lipinski definition) is 4. The van der Waals surface area contributed by atoms with Crippen LogP contribution in [-0.4, -0.2) is 51.1 Å². The van der Waals surface area contributed by atoms with Gasteiger partial charge in [-0.15, -0.1) is 0 Å². The first-order valence-corrected chi connectivity index (χ1v) is 11.4. The van der Waals surface area contributed by atoms with Crippen molar-refractivity contribution in [1.29, 1.82) is 0 Å². The van der Waals surface area contributed by atoms with Gasteiger partial charge in [0.1, 0.15) is 0 Å². The number of aryl methyl sites for hydroxylation is 2. The van der Waals surface area contributed by atoms with E-state index in [0.29, 0.717) is 18.4 Å². The third-order valence-electron chi connectivity index (χ3n) is 6.74. The molecule has 1 atom stereocenters. The highest BCUT2D eigenvalue weighted by Gasteiger charge is 2.26. The second-order valence-electron chi connectivity index (χ2n) is 8.94. The Bertz CT molecular complexity index is 868. The lowest BCUT2D eigenvalue weighted by atomic mass is 10.1. The van der Waals surface area contributed by atoms with Gasteiger partial charge in [-0.25, -0.2) is 9.50 Å². The van der Waals surface area contributed by atoms with Gasteiger partial charge in [0.15, 0.2) is 5.65 Å². The Hall–Kier alpha value is -1.95. The lowest BCUT2D eigenvalue weighted by molar-refractivity contribution is -0.121. The van der Waals surface area contributed by atoms with E-state index >= 15 is 0 Å². The highest BCUT2D eigenvalue weighted by atomic mass is 16.1. The summed E-state index contributed by atoms with van der Waals surface area (Å²) in [6.07, 6.45) is 8.36. The van der Waals surface area contributed by atoms with Gasteiger partial charge >= 0.3 is 0 Å². The van der Waals surface area contributed by atoms with E-state index < -0.39 is 0 Å². The summed E-state index contributed by atoms with van der Waals surface area (Å²) in [5.74, 6) is 0.669. The fourth-order valence-corrected chi connectivity index (χ4v) is 5.11. The van der Waals surface area contributed by atoms with Crippen LogP contribution >= 0.6 is 0 Å². The molecule has 4 rings (SSSR count). The van der Waals surface area contributed by atoms with Gasteiger partial charge in [0.2, 0.25) is 5.91 Å². The quantitative estimate of drug-likeness (QED) is 0.776. The summed E-state index contributed by atoms with van der Waals surface area (Å²) >= 11 is 0. The van der Waals surface area contributed by atoms with Gasteiger partial charge in [0, 0.05) is 42.4 Å². The molecule has 1 saturated carbocycles. The number of likely N-dealkylation sites (tertiary alicyclic amines) is 1. The van der Waals surface area contributed by atoms with Gasteiger partial charge in [0.25, 0.3) is 0 Å². The van der Waals surface area contributed by atoms with E-state index in [1.54, 1.807) is 0 Å². The van der Waals surface area contributed by atoms with E-state index in [-0.39, 0.29) is 5.91 Å². The molecule has 2 aliphatic rings. The van der Waals surface area contributed by atoms with Crippen LogP contribution in [0.3, 0.4) is 0 Å². The summed E-state index contributed by atoms with van der Waals surface area (Å²) < 4.78 is 2.00. The third-order valence-corrected chi connectivity index (χ3v) is 6.74. The lowest BCUT2D eigenvalue weighted by Crippen LogP contribution is -2.32. The molecular formula is C23H35N5O. The molecule has 1 amide bonds. The topological polar surface area (TPSA) is 62.5 Å². The molecule has 1 unspecified atom stereocenters. The zero-order valence-electron chi connectivity index (χ0n) is 18.2. The number of nitrogens with zero attached hydrogens (tertiary/aromatic N) is 4. The first-order valence-electron chi connectivity index (χ1n) is 11.4. The molecule has 29 heavy (non-hydrogen) atoms. The van der Waals surface area contributed by atoms with Crippen molar-refractivity contribution in [3.8, 4) is 0 Å². The molecule has 0 spiro atoms. The van der Waals surface area contributed by atoms with Gasteiger partial charge in [-0.2, -0.15) is 5.10 Å². The zero-order valence-corrected chi connectivity index (χ0v) is 18.2. The number of amides is 1. The maximum Gasteiger partial charge on any atom is 0.220 e. The normalized spacial score (nSPS) is 20.7. The summed E-state index contributed by atoms with van der Waals surface area (Å²) in [7, 11) is 0. The standard InChI is InChI=1S/C23H35N5O/c1-4-12-27-13-11-18(15-27)21-14-22-24-16(2)20(17(3)28(22)26-21)9-10-23(29)25-19-7-5-6-8-19/h14,18-19H,4-13,15H2,1-3H3,(H,25,29). The van der Waals surface area contributed by atoms with E-state index in [9.17, 15) is 4.79 Å². The van der Waals surface area contributed by atoms with E-state index in [0.717, 1.165) is 54.1 Å². The van der Waals surface area contributed by atoms with Crippen LogP contribution in [0.25, 0.3) is 5.65 Å². The molecule has 2 fully saturated rings. The van der Waals surface area contributed by atoms with Crippen LogP contribution in [0.15, 0.2) is 6.07 Å². The van der Waals surface area contributed by atoms with E-state index in [2.05, 4.69) is 37.1 Å². The second kappa shape index (κ2) is 8.82. The average molecular weight is 398 g/mol. The number of aromatic nitrogens is 3. The predicted octanol–water partition coefficient (Wildman–Crippen LogP) is 3.54. The molecule has 158 valence electrons. The first kappa shape index (κ1) is 20.3. The van der Waals surface area contributed by atoms with Crippen LogP contribution in [0.2, 0.25) is 0 Å². The van der Waals surface area contributed by atoms with Gasteiger partial charge in [-0.05, 0) is 64.6 Å². The van der Waals surface area contributed by atoms with Crippen LogP contribution in [0.1, 0.15) is 80.4 Å². The van der Waals surface area contributed by atoms with Gasteiger partial charge in [-0.3, -0.25) is 4.79 Å². The smallest absolute Gasteiger partial charge is 0.220 e. The Morgan fingerprint density at radius 3 is 2.79 bits per heavy atom. The zero-order chi connectivity index (χ0) is 20.4. The summed E-state index contributed by atoms with van der Waals surface area (Å²) in [6.45, 7) is 9.85. The molecule has 0 bridgehead atoms. The van der Waals surface area contributed by atoms with Crippen molar-refractivity contribution >= 4 is 11.6 Å². The Kier molecular flexibility index (Phi) is 6.18. The molecule has 6 nitrogen and oxygen atoms in total. The van der Waals surface area contributed by atoms with Crippen molar-refractivity contribution in [2.24, 2.45) is 0 Å². The van der Waals surface area contributed by atoms with Crippen molar-refractivity contribution in [1.82, 2.24) is 24.8 Å². The Morgan fingerprint density at radius 2 is 2.03 bits per heavy atom. The van der Waals surface area contributed by atoms with E-state index in [4.69, 9.17) is 10.1 Å². The van der Waals surface area contributed by atoms with E-state index in [1.165, 1.54) is 38.8 Å². The molecule has 0 radical (unpaired) electrons. The van der Waals surface area contributed by atoms with E-state index in [1.807, 2.05) is 4.52 Å². The highest BCUT2D eigenvalue weighted by molar-refractivity contribution is 5.76. The largest absolute Gasteiger partial charge is 0.353 e. The van der Waals surface area contributed by atoms with Crippen LogP contribution in [0.5, 0.6) is 0 Å². The van der Waals surface area contributed by atoms with Crippen molar-refractivity contribution in [2.75, 3.05) is 19.6 Å². The van der Waals surface area contributed by atoms with Crippen molar-refractivity contribution in [3.63, 3.8) is 0 Å². The minimum absolute atomic E-state index is 0.166. The molecule has 1 N–H and O–H groups in total. The molecule has 0 aromatic carbocycles. The van der Waals surface area contributed by atoms with Crippen LogP contribution in [0, 0.1) is 13.8 Å². The monoisotopic (exact) mass is 397 g/mol. The minimum Gasteiger partial charge on any atom is -0.353 e. The summed E-state index contributed by atoms with van der Waals surface area (Å²) in [6, 6.07) is 2.55. The third kappa shape index (κ3) is 4.47. The molecule has 1 aliphatic heterocycles. The number of carbonyl (C=O) groups excluding carboxylic acids is 1. The number of rotatable bonds is 7. The Morgan fingerprint density at radius 1 is 1.24 bits per heavy atom. The fourth-order valence-electron chi connectivity index (χ4n) is 5.11. The highest BCUT2D eigenvalue weighted by Crippen LogP contribution is 2.28. The number of hydrogen-bond donors (Lipinski definition) is 1. The SMILES string of the molecule is CCCN1CCC(c2cc3nc(C)c(CCC(=O)NC4CCCC4)c(C)n3n2)C1. The number of nitrogens with one attached hydrogen (secondary N) is 1. The molecule has 6 heteroatoms. The first-order chi connectivity index (χ1) is 14.0. The average Bonchev–Trinajstić information content (AvgIpc) is 3.42. The fraction of sp³-hybridized carbons (Fsp3) is 0.696. The number of fused-ring (bicyclic) bond motifs is 1. The maximum atomic E-state index is 12.4. The molecule has 2 aromatic rings. The predicted molar refractivity (Wildman–Crippen MR) is 115 cm³/mol. The van der Waals surface area contributed by atoms with Gasteiger partial charge in [-0.1, -0.05) is 19.8 Å². The van der Waals surface area contributed by atoms with Crippen LogP contribution in [-0.2, 0) is 11.2 Å². The van der Waals surface area contributed by atoms with Crippen LogP contribution in [0.4, 0.5) is 0 Å². The van der Waals surface area contributed by atoms with Crippen molar-refractivity contribution < 1.29 is 4.79 Å². The van der Waals surface area contributed by atoms with Gasteiger partial charge in [0.05, 0.1) is 5.69 Å². The Labute approximate surface area is 174 Å². The summed E-state index contributed by atoms with van der Waals surface area (Å²) in [5.41, 5.74) is 5.40. The number of carbonyl (C=O) groups is 1. The van der Waals surface area contributed by atoms with Gasteiger partial charge < -0.3 is 10.2 Å². The summed E-state index contributed by atoms with van der Waals surface area (Å²) in [4.78, 5) is 19.7. The minimum atomic E-state index is 0.166. The molecular weight excluding hydrogens is 362 g/mol. The Balaban J connectivity index is 1.46. The van der Waals surface area contributed by atoms with Crippen LogP contribution < -0.4 is 5.32 Å². The molecule has 2 aromatic heterocycles. The lowest BCUT2D eigenvalue weighted by Gasteiger charge is -2.14. The van der Waals surface area contributed by atoms with Crippen molar-refractivity contribution in [3.05, 3.63) is 28.7 Å². The summed E-state index contributed by atoms with van der Waals surface area (Å²) in [5, 5.41) is 8.12. The molecule has 1 aliphatic carbocycles.